The third kappa shape index (κ3) is 4.15. The summed E-state index contributed by atoms with van der Waals surface area (Å²) in [4.78, 5) is 12.6. The first kappa shape index (κ1) is 17.0. The normalized spacial score (nSPS) is 24.4. The van der Waals surface area contributed by atoms with E-state index < -0.39 is 0 Å². The summed E-state index contributed by atoms with van der Waals surface area (Å²) in [6, 6.07) is 0.0531. The number of nitrogens with one attached hydrogen (secondary N) is 1. The molecule has 132 valence electrons. The van der Waals surface area contributed by atoms with Crippen molar-refractivity contribution in [2.75, 3.05) is 26.4 Å². The maximum atomic E-state index is 12.6. The lowest BCUT2D eigenvalue weighted by molar-refractivity contribution is -0.0396. The Kier molecular flexibility index (Phi) is 5.87. The first-order valence-corrected chi connectivity index (χ1v) is 8.65. The highest BCUT2D eigenvalue weighted by molar-refractivity contribution is 5.95. The summed E-state index contributed by atoms with van der Waals surface area (Å²) in [5, 5.41) is 7.47. The van der Waals surface area contributed by atoms with Crippen LogP contribution in [0.3, 0.4) is 0 Å². The van der Waals surface area contributed by atoms with Crippen LogP contribution in [0.5, 0.6) is 0 Å². The van der Waals surface area contributed by atoms with E-state index in [0.29, 0.717) is 25.5 Å². The molecular formula is C17H25N3O4. The van der Waals surface area contributed by atoms with Crippen molar-refractivity contribution in [3.63, 3.8) is 0 Å². The molecule has 0 radical (unpaired) electrons. The maximum Gasteiger partial charge on any atom is 0.272 e. The van der Waals surface area contributed by atoms with Gasteiger partial charge in [-0.05, 0) is 38.7 Å². The standard InChI is InChI=1S/C17H25N3O4/c1-2-22-9-6-13-11-20(15-5-3-4-8-24-15)19-16(13)17(21)18-14-7-10-23-12-14/h6,9,11,14-15H,2-5,7-8,10,12H2,1H3,(H,18,21)/b9-6+/t14-,15?/m0/s1. The lowest BCUT2D eigenvalue weighted by Gasteiger charge is -2.22. The largest absolute Gasteiger partial charge is 0.501 e. The fourth-order valence-corrected chi connectivity index (χ4v) is 2.90. The van der Waals surface area contributed by atoms with Crippen molar-refractivity contribution in [2.45, 2.75) is 44.9 Å². The first-order valence-electron chi connectivity index (χ1n) is 8.65. The van der Waals surface area contributed by atoms with Crippen molar-refractivity contribution in [3.05, 3.63) is 23.7 Å². The van der Waals surface area contributed by atoms with Crippen LogP contribution < -0.4 is 5.32 Å². The van der Waals surface area contributed by atoms with Gasteiger partial charge < -0.3 is 19.5 Å². The van der Waals surface area contributed by atoms with Crippen LogP contribution in [0.25, 0.3) is 6.08 Å². The summed E-state index contributed by atoms with van der Waals surface area (Å²) in [7, 11) is 0. The predicted molar refractivity (Wildman–Crippen MR) is 88.4 cm³/mol. The molecule has 0 spiro atoms. The molecule has 1 N–H and O–H groups in total. The molecule has 2 aliphatic heterocycles. The fourth-order valence-electron chi connectivity index (χ4n) is 2.90. The van der Waals surface area contributed by atoms with Crippen LogP contribution >= 0.6 is 0 Å². The van der Waals surface area contributed by atoms with E-state index in [1.165, 1.54) is 0 Å². The van der Waals surface area contributed by atoms with E-state index in [4.69, 9.17) is 14.2 Å². The summed E-state index contributed by atoms with van der Waals surface area (Å²) in [5.41, 5.74) is 1.13. The van der Waals surface area contributed by atoms with Gasteiger partial charge in [0.1, 0.15) is 6.23 Å². The smallest absolute Gasteiger partial charge is 0.272 e. The molecule has 0 saturated carbocycles. The van der Waals surface area contributed by atoms with E-state index in [0.717, 1.165) is 37.9 Å². The molecule has 7 nitrogen and oxygen atoms in total. The Labute approximate surface area is 141 Å². The van der Waals surface area contributed by atoms with Gasteiger partial charge in [-0.25, -0.2) is 4.68 Å². The Bertz CT molecular complexity index is 572. The van der Waals surface area contributed by atoms with Gasteiger partial charge in [0.15, 0.2) is 5.69 Å². The lowest BCUT2D eigenvalue weighted by atomic mass is 10.2. The van der Waals surface area contributed by atoms with E-state index in [1.807, 2.05) is 13.1 Å². The number of rotatable bonds is 6. The zero-order valence-electron chi connectivity index (χ0n) is 14.1. The Morgan fingerprint density at radius 1 is 1.46 bits per heavy atom. The van der Waals surface area contributed by atoms with Gasteiger partial charge in [-0.2, -0.15) is 5.10 Å². The molecule has 2 atom stereocenters. The molecule has 24 heavy (non-hydrogen) atoms. The van der Waals surface area contributed by atoms with Crippen molar-refractivity contribution in [2.24, 2.45) is 0 Å². The van der Waals surface area contributed by atoms with Crippen LogP contribution in [0.1, 0.15) is 54.9 Å². The van der Waals surface area contributed by atoms with Gasteiger partial charge in [-0.1, -0.05) is 0 Å². The molecule has 3 heterocycles. The number of ether oxygens (including phenoxy) is 3. The van der Waals surface area contributed by atoms with Crippen LogP contribution in [0.4, 0.5) is 0 Å². The van der Waals surface area contributed by atoms with E-state index in [1.54, 1.807) is 17.0 Å². The number of carbonyl (C=O) groups is 1. The molecule has 2 fully saturated rings. The van der Waals surface area contributed by atoms with E-state index in [2.05, 4.69) is 10.4 Å². The maximum absolute atomic E-state index is 12.6. The number of hydrogen-bond donors (Lipinski definition) is 1. The lowest BCUT2D eigenvalue weighted by Crippen LogP contribution is -2.35. The fraction of sp³-hybridized carbons (Fsp3) is 0.647. The number of hydrogen-bond acceptors (Lipinski definition) is 5. The van der Waals surface area contributed by atoms with E-state index in [-0.39, 0.29) is 18.2 Å². The van der Waals surface area contributed by atoms with Crippen molar-refractivity contribution in [3.8, 4) is 0 Å². The van der Waals surface area contributed by atoms with E-state index >= 15 is 0 Å². The van der Waals surface area contributed by atoms with Crippen LogP contribution in [0.2, 0.25) is 0 Å². The second-order valence-corrected chi connectivity index (χ2v) is 6.03. The summed E-state index contributed by atoms with van der Waals surface area (Å²) in [5.74, 6) is -0.184. The second-order valence-electron chi connectivity index (χ2n) is 6.03. The zero-order valence-corrected chi connectivity index (χ0v) is 14.1. The third-order valence-electron chi connectivity index (χ3n) is 4.20. The summed E-state index contributed by atoms with van der Waals surface area (Å²) in [6.07, 6.45) is 9.05. The van der Waals surface area contributed by atoms with E-state index in [9.17, 15) is 4.79 Å². The van der Waals surface area contributed by atoms with Crippen molar-refractivity contribution in [1.29, 1.82) is 0 Å². The predicted octanol–water partition coefficient (Wildman–Crippen LogP) is 2.11. The Hall–Kier alpha value is -1.86. The van der Waals surface area contributed by atoms with Crippen molar-refractivity contribution in [1.82, 2.24) is 15.1 Å². The number of amides is 1. The van der Waals surface area contributed by atoms with Crippen molar-refractivity contribution < 1.29 is 19.0 Å². The Morgan fingerprint density at radius 2 is 2.38 bits per heavy atom. The highest BCUT2D eigenvalue weighted by Crippen LogP contribution is 2.23. The summed E-state index contributed by atoms with van der Waals surface area (Å²) in [6.45, 7) is 4.47. The molecule has 1 aromatic heterocycles. The number of nitrogens with zero attached hydrogens (tertiary/aromatic N) is 2. The van der Waals surface area contributed by atoms with Crippen LogP contribution in [-0.2, 0) is 14.2 Å². The average molecular weight is 335 g/mol. The molecule has 3 rings (SSSR count). The van der Waals surface area contributed by atoms with Crippen molar-refractivity contribution >= 4 is 12.0 Å². The highest BCUT2D eigenvalue weighted by Gasteiger charge is 2.24. The topological polar surface area (TPSA) is 74.6 Å². The minimum absolute atomic E-state index is 0.0531. The molecule has 0 aromatic carbocycles. The molecule has 1 unspecified atom stereocenters. The molecule has 2 saturated heterocycles. The molecule has 0 aliphatic carbocycles. The van der Waals surface area contributed by atoms with Gasteiger partial charge >= 0.3 is 0 Å². The molecule has 1 amide bonds. The minimum atomic E-state index is -0.184. The Balaban J connectivity index is 1.78. The number of carbonyl (C=O) groups excluding carboxylic acids is 1. The van der Waals surface area contributed by atoms with Crippen LogP contribution in [0.15, 0.2) is 12.5 Å². The quantitative estimate of drug-likeness (QED) is 0.806. The SMILES string of the molecule is CCO/C=C/c1cn(C2CCCCO2)nc1C(=O)N[C@H]1CCOC1. The molecule has 2 aliphatic rings. The van der Waals surface area contributed by atoms with Gasteiger partial charge in [0, 0.05) is 25.0 Å². The first-order chi connectivity index (χ1) is 11.8. The van der Waals surface area contributed by atoms with Crippen LogP contribution in [0, 0.1) is 0 Å². The number of aromatic nitrogens is 2. The Morgan fingerprint density at radius 3 is 3.08 bits per heavy atom. The van der Waals surface area contributed by atoms with Gasteiger partial charge in [0.25, 0.3) is 5.91 Å². The highest BCUT2D eigenvalue weighted by atomic mass is 16.5. The monoisotopic (exact) mass is 335 g/mol. The average Bonchev–Trinajstić information content (AvgIpc) is 3.26. The third-order valence-corrected chi connectivity index (χ3v) is 4.20. The van der Waals surface area contributed by atoms with Gasteiger partial charge in [0.2, 0.25) is 0 Å². The minimum Gasteiger partial charge on any atom is -0.501 e. The molecule has 0 bridgehead atoms. The van der Waals surface area contributed by atoms with Gasteiger partial charge in [-0.15, -0.1) is 0 Å². The summed E-state index contributed by atoms with van der Waals surface area (Å²) >= 11 is 0. The van der Waals surface area contributed by atoms with Crippen LogP contribution in [-0.4, -0.2) is 48.2 Å². The summed E-state index contributed by atoms with van der Waals surface area (Å²) < 4.78 is 18.1. The van der Waals surface area contributed by atoms with Gasteiger partial charge in [-0.3, -0.25) is 4.79 Å². The second kappa shape index (κ2) is 8.30. The zero-order chi connectivity index (χ0) is 16.8. The molecule has 7 heteroatoms. The molecular weight excluding hydrogens is 310 g/mol. The molecule has 1 aromatic rings. The van der Waals surface area contributed by atoms with Gasteiger partial charge in [0.05, 0.1) is 25.5 Å².